The van der Waals surface area contributed by atoms with E-state index in [1.54, 1.807) is 25.4 Å². The second-order valence-corrected chi connectivity index (χ2v) is 4.83. The zero-order valence-corrected chi connectivity index (χ0v) is 11.7. The van der Waals surface area contributed by atoms with Gasteiger partial charge in [-0.2, -0.15) is 5.10 Å². The summed E-state index contributed by atoms with van der Waals surface area (Å²) in [5, 5.41) is 13.5. The van der Waals surface area contributed by atoms with E-state index >= 15 is 0 Å². The van der Waals surface area contributed by atoms with E-state index in [4.69, 9.17) is 4.74 Å². The Morgan fingerprint density at radius 1 is 1.32 bits per heavy atom. The van der Waals surface area contributed by atoms with Crippen molar-refractivity contribution in [3.8, 4) is 5.75 Å². The molecular formula is C14H12N6O2. The Kier molecular flexibility index (Phi) is 2.68. The van der Waals surface area contributed by atoms with Gasteiger partial charge < -0.3 is 15.4 Å². The molecule has 1 aliphatic rings. The number of nitrogens with zero attached hydrogens (tertiary/aromatic N) is 3. The molecule has 0 aliphatic carbocycles. The van der Waals surface area contributed by atoms with Gasteiger partial charge in [-0.1, -0.05) is 0 Å². The Labute approximate surface area is 124 Å². The predicted octanol–water partition coefficient (Wildman–Crippen LogP) is 1.35. The van der Waals surface area contributed by atoms with Crippen molar-refractivity contribution < 1.29 is 9.53 Å². The molecule has 0 spiro atoms. The van der Waals surface area contributed by atoms with Crippen molar-refractivity contribution in [2.24, 2.45) is 0 Å². The second-order valence-electron chi connectivity index (χ2n) is 4.83. The summed E-state index contributed by atoms with van der Waals surface area (Å²) in [5.74, 6) is 1.17. The zero-order valence-electron chi connectivity index (χ0n) is 11.7. The van der Waals surface area contributed by atoms with Crippen LogP contribution in [0, 0.1) is 0 Å². The minimum Gasteiger partial charge on any atom is -0.494 e. The van der Waals surface area contributed by atoms with E-state index in [9.17, 15) is 4.79 Å². The average molecular weight is 296 g/mol. The van der Waals surface area contributed by atoms with Gasteiger partial charge in [-0.15, -0.1) is 0 Å². The fourth-order valence-corrected chi connectivity index (χ4v) is 2.60. The molecule has 0 unspecified atom stereocenters. The topological polar surface area (TPSA) is 105 Å². The molecule has 8 heteroatoms. The van der Waals surface area contributed by atoms with Crippen LogP contribution in [-0.2, 0) is 6.54 Å². The summed E-state index contributed by atoms with van der Waals surface area (Å²) in [6.45, 7) is 0.456. The lowest BCUT2D eigenvalue weighted by molar-refractivity contribution is 0.0966. The number of hydrogen-bond donors (Lipinski definition) is 3. The van der Waals surface area contributed by atoms with Crippen LogP contribution in [0.5, 0.6) is 5.75 Å². The van der Waals surface area contributed by atoms with Gasteiger partial charge in [0.05, 0.1) is 24.4 Å². The molecule has 0 radical (unpaired) electrons. The van der Waals surface area contributed by atoms with E-state index in [0.717, 1.165) is 16.6 Å². The number of aromatic nitrogens is 4. The number of rotatable bonds is 3. The predicted molar refractivity (Wildman–Crippen MR) is 79.1 cm³/mol. The van der Waals surface area contributed by atoms with Gasteiger partial charge in [-0.3, -0.25) is 9.89 Å². The number of aromatic amines is 1. The van der Waals surface area contributed by atoms with E-state index in [-0.39, 0.29) is 5.91 Å². The lowest BCUT2D eigenvalue weighted by atomic mass is 10.1. The number of carbonyl (C=O) groups is 1. The van der Waals surface area contributed by atoms with E-state index in [1.165, 1.54) is 6.33 Å². The van der Waals surface area contributed by atoms with Gasteiger partial charge in [0.2, 0.25) is 0 Å². The molecule has 3 aromatic rings. The third kappa shape index (κ3) is 1.77. The lowest BCUT2D eigenvalue weighted by Gasteiger charge is -2.13. The monoisotopic (exact) mass is 296 g/mol. The molecule has 8 nitrogen and oxygen atoms in total. The van der Waals surface area contributed by atoms with Crippen LogP contribution in [0.3, 0.4) is 0 Å². The first-order valence-electron chi connectivity index (χ1n) is 6.67. The molecule has 0 bridgehead atoms. The smallest absolute Gasteiger partial charge is 0.252 e. The molecule has 2 aromatic heterocycles. The fourth-order valence-electron chi connectivity index (χ4n) is 2.60. The van der Waals surface area contributed by atoms with Crippen molar-refractivity contribution in [2.75, 3.05) is 12.4 Å². The van der Waals surface area contributed by atoms with Gasteiger partial charge in [0.25, 0.3) is 5.91 Å². The maximum absolute atomic E-state index is 11.7. The van der Waals surface area contributed by atoms with Gasteiger partial charge >= 0.3 is 0 Å². The third-order valence-electron chi connectivity index (χ3n) is 3.64. The van der Waals surface area contributed by atoms with Crippen molar-refractivity contribution in [2.45, 2.75) is 6.54 Å². The number of ether oxygens (including phenoxy) is 1. The van der Waals surface area contributed by atoms with Crippen LogP contribution in [0.2, 0.25) is 0 Å². The maximum Gasteiger partial charge on any atom is 0.252 e. The summed E-state index contributed by atoms with van der Waals surface area (Å²) in [6, 6.07) is 3.58. The molecule has 3 heterocycles. The molecule has 0 fully saturated rings. The maximum atomic E-state index is 11.7. The average Bonchev–Trinajstić information content (AvgIpc) is 3.15. The van der Waals surface area contributed by atoms with Crippen LogP contribution in [0.25, 0.3) is 11.0 Å². The van der Waals surface area contributed by atoms with E-state index in [2.05, 4.69) is 30.8 Å². The van der Waals surface area contributed by atoms with E-state index in [0.29, 0.717) is 29.3 Å². The Hall–Kier alpha value is -3.16. The quantitative estimate of drug-likeness (QED) is 0.674. The highest BCUT2D eigenvalue weighted by atomic mass is 16.5. The van der Waals surface area contributed by atoms with Gasteiger partial charge in [0, 0.05) is 17.7 Å². The molecule has 0 saturated heterocycles. The number of benzene rings is 1. The number of nitrogens with one attached hydrogen (secondary N) is 3. The SMILES string of the molecule is COc1c(Nc2ncnc3[nH]ncc23)ccc2c1CNC2=O. The highest BCUT2D eigenvalue weighted by Crippen LogP contribution is 2.36. The first-order valence-corrected chi connectivity index (χ1v) is 6.67. The van der Waals surface area contributed by atoms with Gasteiger partial charge in [-0.25, -0.2) is 9.97 Å². The molecule has 1 amide bonds. The first-order chi connectivity index (χ1) is 10.8. The molecular weight excluding hydrogens is 284 g/mol. The molecule has 0 saturated carbocycles. The highest BCUT2D eigenvalue weighted by Gasteiger charge is 2.24. The summed E-state index contributed by atoms with van der Waals surface area (Å²) < 4.78 is 5.48. The molecule has 0 atom stereocenters. The fraction of sp³-hybridized carbons (Fsp3) is 0.143. The Balaban J connectivity index is 1.81. The van der Waals surface area contributed by atoms with Crippen LogP contribution in [0.15, 0.2) is 24.7 Å². The second kappa shape index (κ2) is 4.69. The minimum atomic E-state index is -0.0842. The Morgan fingerprint density at radius 3 is 3.09 bits per heavy atom. The first kappa shape index (κ1) is 12.6. The van der Waals surface area contributed by atoms with Crippen LogP contribution in [0.4, 0.5) is 11.5 Å². The van der Waals surface area contributed by atoms with Crippen LogP contribution < -0.4 is 15.4 Å². The summed E-state index contributed by atoms with van der Waals surface area (Å²) >= 11 is 0. The third-order valence-corrected chi connectivity index (χ3v) is 3.64. The number of hydrogen-bond acceptors (Lipinski definition) is 6. The molecule has 22 heavy (non-hydrogen) atoms. The number of carbonyl (C=O) groups excluding carboxylic acids is 1. The zero-order chi connectivity index (χ0) is 15.1. The Bertz CT molecular complexity index is 888. The molecule has 1 aliphatic heterocycles. The molecule has 3 N–H and O–H groups in total. The van der Waals surface area contributed by atoms with Crippen molar-refractivity contribution in [1.29, 1.82) is 0 Å². The number of anilines is 2. The lowest BCUT2D eigenvalue weighted by Crippen LogP contribution is -2.12. The molecule has 1 aromatic carbocycles. The van der Waals surface area contributed by atoms with Crippen LogP contribution in [0.1, 0.15) is 15.9 Å². The normalized spacial score (nSPS) is 13.0. The minimum absolute atomic E-state index is 0.0842. The van der Waals surface area contributed by atoms with Crippen molar-refractivity contribution in [1.82, 2.24) is 25.5 Å². The van der Waals surface area contributed by atoms with Gasteiger partial charge in [-0.05, 0) is 12.1 Å². The number of H-pyrrole nitrogens is 1. The Morgan fingerprint density at radius 2 is 2.23 bits per heavy atom. The van der Waals surface area contributed by atoms with Gasteiger partial charge in [0.15, 0.2) is 5.65 Å². The molecule has 110 valence electrons. The van der Waals surface area contributed by atoms with Crippen molar-refractivity contribution in [3.63, 3.8) is 0 Å². The molecule has 4 rings (SSSR count). The largest absolute Gasteiger partial charge is 0.494 e. The summed E-state index contributed by atoms with van der Waals surface area (Å²) in [6.07, 6.45) is 3.11. The number of methoxy groups -OCH3 is 1. The summed E-state index contributed by atoms with van der Waals surface area (Å²) in [4.78, 5) is 20.1. The number of amides is 1. The van der Waals surface area contributed by atoms with E-state index < -0.39 is 0 Å². The highest BCUT2D eigenvalue weighted by molar-refractivity contribution is 6.00. The van der Waals surface area contributed by atoms with Crippen LogP contribution >= 0.6 is 0 Å². The van der Waals surface area contributed by atoms with E-state index in [1.807, 2.05) is 0 Å². The van der Waals surface area contributed by atoms with Crippen LogP contribution in [-0.4, -0.2) is 33.2 Å². The summed E-state index contributed by atoms with van der Waals surface area (Å²) in [5.41, 5.74) is 2.86. The van der Waals surface area contributed by atoms with Gasteiger partial charge in [0.1, 0.15) is 17.9 Å². The number of fused-ring (bicyclic) bond motifs is 2. The standard InChI is InChI=1S/C14H12N6O2/c1-22-11-8-4-15-14(21)7(8)2-3-10(11)19-12-9-5-18-20-13(9)17-6-16-12/h2-3,5-6H,4H2,1H3,(H,15,21)(H2,16,17,18,19,20). The van der Waals surface area contributed by atoms with Crippen molar-refractivity contribution >= 4 is 28.4 Å². The van der Waals surface area contributed by atoms with Crippen molar-refractivity contribution in [3.05, 3.63) is 35.8 Å². The summed E-state index contributed by atoms with van der Waals surface area (Å²) in [7, 11) is 1.58.